The SMILES string of the molecule is CNC(=O)c1ccc([N+](=O)[O-])c(NC(C)C2CCOC2)c1. The molecule has 7 nitrogen and oxygen atoms in total. The minimum absolute atomic E-state index is 0.0335. The van der Waals surface area contributed by atoms with Crippen molar-refractivity contribution < 1.29 is 14.5 Å². The third-order valence-electron chi connectivity index (χ3n) is 3.74. The number of nitrogens with zero attached hydrogens (tertiary/aromatic N) is 1. The van der Waals surface area contributed by atoms with Crippen LogP contribution in [-0.4, -0.2) is 37.1 Å². The Morgan fingerprint density at radius 3 is 2.86 bits per heavy atom. The molecule has 1 aromatic rings. The number of nitrogens with one attached hydrogen (secondary N) is 2. The molecule has 1 heterocycles. The van der Waals surface area contributed by atoms with Crippen molar-refractivity contribution in [1.82, 2.24) is 5.32 Å². The maximum absolute atomic E-state index is 11.7. The zero-order chi connectivity index (χ0) is 15.4. The van der Waals surface area contributed by atoms with Gasteiger partial charge in [-0.15, -0.1) is 0 Å². The topological polar surface area (TPSA) is 93.5 Å². The Labute approximate surface area is 122 Å². The lowest BCUT2D eigenvalue weighted by Crippen LogP contribution is -2.27. The van der Waals surface area contributed by atoms with Gasteiger partial charge in [0, 0.05) is 37.2 Å². The van der Waals surface area contributed by atoms with Crippen molar-refractivity contribution >= 4 is 17.3 Å². The van der Waals surface area contributed by atoms with Gasteiger partial charge >= 0.3 is 0 Å². The number of nitro groups is 1. The van der Waals surface area contributed by atoms with Crippen LogP contribution in [0.1, 0.15) is 23.7 Å². The lowest BCUT2D eigenvalue weighted by atomic mass is 10.00. The first kappa shape index (κ1) is 15.2. The monoisotopic (exact) mass is 293 g/mol. The molecule has 1 amide bonds. The lowest BCUT2D eigenvalue weighted by molar-refractivity contribution is -0.384. The van der Waals surface area contributed by atoms with E-state index in [1.807, 2.05) is 6.92 Å². The molecule has 2 N–H and O–H groups in total. The molecule has 0 aromatic heterocycles. The number of anilines is 1. The van der Waals surface area contributed by atoms with Gasteiger partial charge in [-0.3, -0.25) is 14.9 Å². The van der Waals surface area contributed by atoms with Crippen LogP contribution in [0.4, 0.5) is 11.4 Å². The van der Waals surface area contributed by atoms with E-state index in [1.54, 1.807) is 0 Å². The van der Waals surface area contributed by atoms with E-state index in [-0.39, 0.29) is 17.6 Å². The maximum Gasteiger partial charge on any atom is 0.292 e. The molecule has 1 aliphatic rings. The lowest BCUT2D eigenvalue weighted by Gasteiger charge is -2.20. The molecule has 1 aromatic carbocycles. The second-order valence-electron chi connectivity index (χ2n) is 5.12. The van der Waals surface area contributed by atoms with Gasteiger partial charge in [-0.2, -0.15) is 0 Å². The summed E-state index contributed by atoms with van der Waals surface area (Å²) in [6.45, 7) is 3.34. The quantitative estimate of drug-likeness (QED) is 0.637. The predicted octanol–water partition coefficient (Wildman–Crippen LogP) is 1.79. The second kappa shape index (κ2) is 6.53. The van der Waals surface area contributed by atoms with Gasteiger partial charge in [-0.05, 0) is 25.5 Å². The molecule has 2 atom stereocenters. The number of nitro benzene ring substituents is 1. The van der Waals surface area contributed by atoms with Crippen molar-refractivity contribution in [1.29, 1.82) is 0 Å². The summed E-state index contributed by atoms with van der Waals surface area (Å²) in [5.74, 6) is 0.0399. The highest BCUT2D eigenvalue weighted by Crippen LogP contribution is 2.28. The van der Waals surface area contributed by atoms with E-state index in [9.17, 15) is 14.9 Å². The van der Waals surface area contributed by atoms with Crippen LogP contribution < -0.4 is 10.6 Å². The molecule has 21 heavy (non-hydrogen) atoms. The standard InChI is InChI=1S/C14H19N3O4/c1-9(11-5-6-21-8-11)16-12-7-10(14(18)15-2)3-4-13(12)17(19)20/h3-4,7,9,11,16H,5-6,8H2,1-2H3,(H,15,18). The Hall–Kier alpha value is -2.15. The minimum Gasteiger partial charge on any atom is -0.381 e. The highest BCUT2D eigenvalue weighted by Gasteiger charge is 2.25. The number of carbonyl (C=O) groups is 1. The van der Waals surface area contributed by atoms with E-state index < -0.39 is 4.92 Å². The Morgan fingerprint density at radius 2 is 2.29 bits per heavy atom. The van der Waals surface area contributed by atoms with Crippen molar-refractivity contribution in [2.45, 2.75) is 19.4 Å². The minimum atomic E-state index is -0.451. The van der Waals surface area contributed by atoms with Crippen molar-refractivity contribution in [3.8, 4) is 0 Å². The summed E-state index contributed by atoms with van der Waals surface area (Å²) in [6.07, 6.45) is 0.928. The Kier molecular flexibility index (Phi) is 4.74. The molecule has 2 rings (SSSR count). The number of hydrogen-bond donors (Lipinski definition) is 2. The summed E-state index contributed by atoms with van der Waals surface area (Å²) in [4.78, 5) is 22.3. The van der Waals surface area contributed by atoms with Crippen LogP contribution in [0.15, 0.2) is 18.2 Å². The molecule has 0 bridgehead atoms. The largest absolute Gasteiger partial charge is 0.381 e. The number of hydrogen-bond acceptors (Lipinski definition) is 5. The van der Waals surface area contributed by atoms with Gasteiger partial charge in [-0.1, -0.05) is 0 Å². The molecule has 1 fully saturated rings. The molecule has 1 aliphatic heterocycles. The van der Waals surface area contributed by atoms with Gasteiger partial charge in [0.25, 0.3) is 11.6 Å². The predicted molar refractivity (Wildman–Crippen MR) is 78.5 cm³/mol. The van der Waals surface area contributed by atoms with Crippen LogP contribution in [0.2, 0.25) is 0 Å². The number of benzene rings is 1. The molecular formula is C14H19N3O4. The third-order valence-corrected chi connectivity index (χ3v) is 3.74. The van der Waals surface area contributed by atoms with Crippen molar-refractivity contribution in [3.63, 3.8) is 0 Å². The number of carbonyl (C=O) groups excluding carboxylic acids is 1. The average Bonchev–Trinajstić information content (AvgIpc) is 3.00. The fraction of sp³-hybridized carbons (Fsp3) is 0.500. The van der Waals surface area contributed by atoms with Crippen molar-refractivity contribution in [2.24, 2.45) is 5.92 Å². The van der Waals surface area contributed by atoms with Crippen LogP contribution in [0, 0.1) is 16.0 Å². The van der Waals surface area contributed by atoms with E-state index in [0.29, 0.717) is 23.8 Å². The molecule has 2 unspecified atom stereocenters. The van der Waals surface area contributed by atoms with Crippen LogP contribution in [0.3, 0.4) is 0 Å². The summed E-state index contributed by atoms with van der Waals surface area (Å²) >= 11 is 0. The van der Waals surface area contributed by atoms with Crippen LogP contribution in [0.25, 0.3) is 0 Å². The highest BCUT2D eigenvalue weighted by atomic mass is 16.6. The molecule has 1 saturated heterocycles. The number of amides is 1. The molecule has 7 heteroatoms. The Morgan fingerprint density at radius 1 is 1.52 bits per heavy atom. The number of ether oxygens (including phenoxy) is 1. The van der Waals surface area contributed by atoms with Gasteiger partial charge < -0.3 is 15.4 Å². The fourth-order valence-corrected chi connectivity index (χ4v) is 2.41. The first-order valence-electron chi connectivity index (χ1n) is 6.87. The van der Waals surface area contributed by atoms with E-state index in [4.69, 9.17) is 4.74 Å². The van der Waals surface area contributed by atoms with Gasteiger partial charge in [0.1, 0.15) is 5.69 Å². The van der Waals surface area contributed by atoms with E-state index in [0.717, 1.165) is 13.0 Å². The summed E-state index contributed by atoms with van der Waals surface area (Å²) in [5, 5.41) is 16.8. The normalized spacial score (nSPS) is 19.0. The average molecular weight is 293 g/mol. The van der Waals surface area contributed by atoms with Crippen LogP contribution >= 0.6 is 0 Å². The first-order chi connectivity index (χ1) is 10.0. The first-order valence-corrected chi connectivity index (χ1v) is 6.87. The molecule has 0 saturated carbocycles. The zero-order valence-electron chi connectivity index (χ0n) is 12.1. The summed E-state index contributed by atoms with van der Waals surface area (Å²) in [7, 11) is 1.52. The third kappa shape index (κ3) is 3.49. The summed E-state index contributed by atoms with van der Waals surface area (Å²) < 4.78 is 5.33. The van der Waals surface area contributed by atoms with Gasteiger partial charge in [0.15, 0.2) is 0 Å². The van der Waals surface area contributed by atoms with Gasteiger partial charge in [-0.25, -0.2) is 0 Å². The van der Waals surface area contributed by atoms with E-state index in [2.05, 4.69) is 10.6 Å². The summed E-state index contributed by atoms with van der Waals surface area (Å²) in [5.41, 5.74) is 0.717. The smallest absolute Gasteiger partial charge is 0.292 e. The summed E-state index contributed by atoms with van der Waals surface area (Å²) in [6, 6.07) is 4.35. The van der Waals surface area contributed by atoms with Crippen LogP contribution in [0.5, 0.6) is 0 Å². The van der Waals surface area contributed by atoms with E-state index in [1.165, 1.54) is 25.2 Å². The molecule has 0 radical (unpaired) electrons. The Bertz CT molecular complexity index is 541. The van der Waals surface area contributed by atoms with E-state index >= 15 is 0 Å². The fourth-order valence-electron chi connectivity index (χ4n) is 2.41. The van der Waals surface area contributed by atoms with Gasteiger partial charge in [0.05, 0.1) is 11.5 Å². The Balaban J connectivity index is 2.25. The molecule has 0 spiro atoms. The molecule has 114 valence electrons. The highest BCUT2D eigenvalue weighted by molar-refractivity contribution is 5.95. The number of rotatable bonds is 5. The van der Waals surface area contributed by atoms with Crippen molar-refractivity contribution in [2.75, 3.05) is 25.6 Å². The second-order valence-corrected chi connectivity index (χ2v) is 5.12. The van der Waals surface area contributed by atoms with Gasteiger partial charge in [0.2, 0.25) is 0 Å². The van der Waals surface area contributed by atoms with Crippen LogP contribution in [-0.2, 0) is 4.74 Å². The molecule has 0 aliphatic carbocycles. The maximum atomic E-state index is 11.7. The molecular weight excluding hydrogens is 274 g/mol. The van der Waals surface area contributed by atoms with Crippen molar-refractivity contribution in [3.05, 3.63) is 33.9 Å². The zero-order valence-corrected chi connectivity index (χ0v) is 12.1.